The Balaban J connectivity index is 1.36. The summed E-state index contributed by atoms with van der Waals surface area (Å²) in [6.45, 7) is 3.58. The third-order valence-corrected chi connectivity index (χ3v) is 9.10. The summed E-state index contributed by atoms with van der Waals surface area (Å²) in [6.07, 6.45) is 0.821. The van der Waals surface area contributed by atoms with Crippen LogP contribution in [0.2, 0.25) is 0 Å². The monoisotopic (exact) mass is 630 g/mol. The first-order chi connectivity index (χ1) is 22.3. The second-order valence-electron chi connectivity index (χ2n) is 12.0. The SMILES string of the molecule is CCC(=O)N[C@H]1C[C@@H](n2cnc3c(NCC(c4ccc(OC)cc4)c4ccc(OC)cc4)nc(N4CC[C@H](N)C4)nc32)[C@H](O)[C@@H]1O. The van der Waals surface area contributed by atoms with Crippen LogP contribution in [0, 0.1) is 0 Å². The Labute approximate surface area is 267 Å². The third kappa shape index (κ3) is 6.30. The van der Waals surface area contributed by atoms with E-state index in [0.717, 1.165) is 35.6 Å². The molecule has 2 aromatic carbocycles. The van der Waals surface area contributed by atoms with Crippen molar-refractivity contribution in [2.24, 2.45) is 5.73 Å². The molecule has 3 heterocycles. The highest BCUT2D eigenvalue weighted by Crippen LogP contribution is 2.36. The maximum absolute atomic E-state index is 12.1. The van der Waals surface area contributed by atoms with Gasteiger partial charge in [0.1, 0.15) is 23.7 Å². The van der Waals surface area contributed by atoms with E-state index in [4.69, 9.17) is 30.2 Å². The number of nitrogens with zero attached hydrogens (tertiary/aromatic N) is 5. The van der Waals surface area contributed by atoms with E-state index in [1.165, 1.54) is 0 Å². The Morgan fingerprint density at radius 3 is 2.24 bits per heavy atom. The predicted molar refractivity (Wildman–Crippen MR) is 174 cm³/mol. The Morgan fingerprint density at radius 1 is 1.02 bits per heavy atom. The minimum absolute atomic E-state index is 0.0184. The number of nitrogens with two attached hydrogens (primary N) is 1. The molecule has 0 radical (unpaired) electrons. The number of imidazole rings is 1. The molecule has 4 aromatic rings. The van der Waals surface area contributed by atoms with Gasteiger partial charge in [0.25, 0.3) is 0 Å². The van der Waals surface area contributed by atoms with Crippen LogP contribution in [-0.4, -0.2) is 93.8 Å². The highest BCUT2D eigenvalue weighted by Gasteiger charge is 2.44. The number of anilines is 2. The lowest BCUT2D eigenvalue weighted by molar-refractivity contribution is -0.122. The summed E-state index contributed by atoms with van der Waals surface area (Å²) in [5.74, 6) is 2.38. The molecule has 13 nitrogen and oxygen atoms in total. The van der Waals surface area contributed by atoms with E-state index in [1.54, 1.807) is 32.0 Å². The van der Waals surface area contributed by atoms with Gasteiger partial charge < -0.3 is 45.5 Å². The molecule has 2 aliphatic rings. The smallest absolute Gasteiger partial charge is 0.229 e. The van der Waals surface area contributed by atoms with Crippen molar-refractivity contribution in [3.8, 4) is 11.5 Å². The molecule has 2 aromatic heterocycles. The summed E-state index contributed by atoms with van der Waals surface area (Å²) in [5.41, 5.74) is 9.49. The molecule has 6 N–H and O–H groups in total. The highest BCUT2D eigenvalue weighted by molar-refractivity contribution is 5.84. The minimum Gasteiger partial charge on any atom is -0.497 e. The van der Waals surface area contributed by atoms with Gasteiger partial charge >= 0.3 is 0 Å². The molecule has 244 valence electrons. The number of carbonyl (C=O) groups is 1. The van der Waals surface area contributed by atoms with Crippen LogP contribution in [0.3, 0.4) is 0 Å². The largest absolute Gasteiger partial charge is 0.497 e. The molecule has 0 bridgehead atoms. The number of carbonyl (C=O) groups excluding carboxylic acids is 1. The summed E-state index contributed by atoms with van der Waals surface area (Å²) >= 11 is 0. The zero-order valence-corrected chi connectivity index (χ0v) is 26.3. The van der Waals surface area contributed by atoms with Gasteiger partial charge in [-0.25, -0.2) is 4.98 Å². The van der Waals surface area contributed by atoms with E-state index < -0.39 is 24.3 Å². The fourth-order valence-corrected chi connectivity index (χ4v) is 6.42. The standard InChI is InChI=1S/C33H42N8O5/c1-4-27(42)37-25-15-26(30(44)29(25)43)41-18-36-28-31(38-33(39-32(28)41)40-14-13-21(34)17-40)35-16-24(19-5-9-22(45-2)10-6-19)20-7-11-23(46-3)12-8-20/h5-12,18,21,24-26,29-30,43-44H,4,13-17,34H2,1-3H3,(H,37,42)(H,35,38,39)/t21-,25-,26+,29+,30-/m0/s1. The van der Waals surface area contributed by atoms with Crippen LogP contribution in [0.4, 0.5) is 11.8 Å². The van der Waals surface area contributed by atoms with Gasteiger partial charge in [-0.15, -0.1) is 0 Å². The van der Waals surface area contributed by atoms with Crippen LogP contribution in [-0.2, 0) is 4.79 Å². The average Bonchev–Trinajstić information content (AvgIpc) is 3.79. The molecule has 46 heavy (non-hydrogen) atoms. The van der Waals surface area contributed by atoms with Crippen LogP contribution in [0.1, 0.15) is 49.3 Å². The van der Waals surface area contributed by atoms with E-state index in [2.05, 4.69) is 39.8 Å². The van der Waals surface area contributed by atoms with Gasteiger partial charge in [0, 0.05) is 38.0 Å². The first-order valence-corrected chi connectivity index (χ1v) is 15.7. The molecule has 1 aliphatic carbocycles. The maximum Gasteiger partial charge on any atom is 0.229 e. The molecule has 1 saturated carbocycles. The number of ether oxygens (including phenoxy) is 2. The maximum atomic E-state index is 12.1. The fraction of sp³-hybridized carbons (Fsp3) is 0.455. The van der Waals surface area contributed by atoms with Gasteiger partial charge in [0.2, 0.25) is 11.9 Å². The van der Waals surface area contributed by atoms with Crippen molar-refractivity contribution in [2.45, 2.75) is 62.4 Å². The van der Waals surface area contributed by atoms with Crippen molar-refractivity contribution in [3.63, 3.8) is 0 Å². The summed E-state index contributed by atoms with van der Waals surface area (Å²) in [6, 6.07) is 14.9. The van der Waals surface area contributed by atoms with Crippen molar-refractivity contribution >= 4 is 28.8 Å². The Bertz CT molecular complexity index is 1600. The van der Waals surface area contributed by atoms with Crippen molar-refractivity contribution in [2.75, 3.05) is 44.1 Å². The molecule has 1 aliphatic heterocycles. The first-order valence-electron chi connectivity index (χ1n) is 15.7. The lowest BCUT2D eigenvalue weighted by Gasteiger charge is -2.22. The number of rotatable bonds is 11. The van der Waals surface area contributed by atoms with Gasteiger partial charge in [0.05, 0.1) is 32.6 Å². The number of hydrogen-bond acceptors (Lipinski definition) is 11. The molecule has 6 rings (SSSR count). The second kappa shape index (κ2) is 13.5. The van der Waals surface area contributed by atoms with Gasteiger partial charge in [-0.2, -0.15) is 9.97 Å². The van der Waals surface area contributed by atoms with E-state index in [1.807, 2.05) is 24.3 Å². The van der Waals surface area contributed by atoms with Crippen LogP contribution in [0.5, 0.6) is 11.5 Å². The van der Waals surface area contributed by atoms with Crippen molar-refractivity contribution < 1.29 is 24.5 Å². The first kappa shape index (κ1) is 31.5. The van der Waals surface area contributed by atoms with Crippen LogP contribution in [0.15, 0.2) is 54.9 Å². The average molecular weight is 631 g/mol. The fourth-order valence-electron chi connectivity index (χ4n) is 6.42. The number of aliphatic hydroxyl groups excluding tert-OH is 2. The molecule has 1 saturated heterocycles. The molecule has 1 amide bonds. The number of fused-ring (bicyclic) bond motifs is 1. The number of benzene rings is 2. The van der Waals surface area contributed by atoms with E-state index in [9.17, 15) is 15.0 Å². The number of methoxy groups -OCH3 is 2. The summed E-state index contributed by atoms with van der Waals surface area (Å²) in [5, 5.41) is 28.3. The van der Waals surface area contributed by atoms with Crippen molar-refractivity contribution in [3.05, 3.63) is 66.0 Å². The summed E-state index contributed by atoms with van der Waals surface area (Å²) in [4.78, 5) is 28.7. The molecule has 0 spiro atoms. The van der Waals surface area contributed by atoms with E-state index in [-0.39, 0.29) is 24.3 Å². The number of amides is 1. The third-order valence-electron chi connectivity index (χ3n) is 9.10. The van der Waals surface area contributed by atoms with Crippen molar-refractivity contribution in [1.82, 2.24) is 24.8 Å². The predicted octanol–water partition coefficient (Wildman–Crippen LogP) is 2.19. The number of hydrogen-bond donors (Lipinski definition) is 5. The van der Waals surface area contributed by atoms with E-state index in [0.29, 0.717) is 42.4 Å². The van der Waals surface area contributed by atoms with Gasteiger partial charge in [-0.3, -0.25) is 4.79 Å². The molecule has 2 fully saturated rings. The molecule has 0 unspecified atom stereocenters. The van der Waals surface area contributed by atoms with Crippen LogP contribution < -0.4 is 30.7 Å². The Hall–Kier alpha value is -4.46. The zero-order chi connectivity index (χ0) is 32.4. The lowest BCUT2D eigenvalue weighted by atomic mass is 9.91. The van der Waals surface area contributed by atoms with E-state index >= 15 is 0 Å². The van der Waals surface area contributed by atoms with Gasteiger partial charge in [-0.1, -0.05) is 31.2 Å². The number of aromatic nitrogens is 4. The van der Waals surface area contributed by atoms with Crippen molar-refractivity contribution in [1.29, 1.82) is 0 Å². The molecule has 5 atom stereocenters. The number of nitrogens with one attached hydrogen (secondary N) is 2. The second-order valence-corrected chi connectivity index (χ2v) is 12.0. The molecular weight excluding hydrogens is 588 g/mol. The Morgan fingerprint density at radius 2 is 1.67 bits per heavy atom. The normalized spacial score (nSPS) is 22.8. The minimum atomic E-state index is -1.12. The zero-order valence-electron chi connectivity index (χ0n) is 26.3. The van der Waals surface area contributed by atoms with Gasteiger partial charge in [0.15, 0.2) is 17.0 Å². The topological polar surface area (TPSA) is 173 Å². The van der Waals surface area contributed by atoms with Crippen LogP contribution >= 0.6 is 0 Å². The Kier molecular flexibility index (Phi) is 9.24. The molecule has 13 heteroatoms. The van der Waals surface area contributed by atoms with Crippen LogP contribution in [0.25, 0.3) is 11.2 Å². The quantitative estimate of drug-likeness (QED) is 0.164. The number of aliphatic hydroxyl groups is 2. The summed E-state index contributed by atoms with van der Waals surface area (Å²) in [7, 11) is 3.29. The highest BCUT2D eigenvalue weighted by atomic mass is 16.5. The molecular formula is C33H42N8O5. The van der Waals surface area contributed by atoms with Gasteiger partial charge in [-0.05, 0) is 48.2 Å². The summed E-state index contributed by atoms with van der Waals surface area (Å²) < 4.78 is 12.6. The lowest BCUT2D eigenvalue weighted by Crippen LogP contribution is -2.42.